The topological polar surface area (TPSA) is 53.3 Å². The van der Waals surface area contributed by atoms with Crippen molar-refractivity contribution in [1.82, 2.24) is 9.55 Å². The second-order valence-electron chi connectivity index (χ2n) is 6.88. The molecule has 1 fully saturated rings. The molecule has 0 amide bonds. The molecule has 3 aromatic rings. The first kappa shape index (κ1) is 19.1. The summed E-state index contributed by atoms with van der Waals surface area (Å²) in [5.74, 6) is 0.0707. The summed E-state index contributed by atoms with van der Waals surface area (Å²) in [4.78, 5) is 16.7. The number of aromatic nitrogens is 2. The van der Waals surface area contributed by atoms with Crippen LogP contribution in [0.25, 0.3) is 11.0 Å². The first-order valence-corrected chi connectivity index (χ1v) is 9.97. The number of carbonyl (C=O) groups excluding carboxylic acids is 1. The number of methoxy groups -OCH3 is 1. The second-order valence-corrected chi connectivity index (χ2v) is 7.80. The summed E-state index contributed by atoms with van der Waals surface area (Å²) in [6.07, 6.45) is 2.45. The van der Waals surface area contributed by atoms with Crippen LogP contribution in [0.2, 0.25) is 0 Å². The Morgan fingerprint density at radius 2 is 2.21 bits per heavy atom. The zero-order valence-electron chi connectivity index (χ0n) is 15.5. The van der Waals surface area contributed by atoms with Gasteiger partial charge in [0.15, 0.2) is 0 Å². The van der Waals surface area contributed by atoms with E-state index in [1.165, 1.54) is 13.2 Å². The number of fused-ring (bicyclic) bond motifs is 1. The van der Waals surface area contributed by atoms with Gasteiger partial charge >= 0.3 is 5.97 Å². The summed E-state index contributed by atoms with van der Waals surface area (Å²) < 4.78 is 27.8. The van der Waals surface area contributed by atoms with Crippen LogP contribution in [-0.2, 0) is 22.4 Å². The lowest BCUT2D eigenvalue weighted by molar-refractivity contribution is 0.0601. The number of ether oxygens (including phenoxy) is 2. The highest BCUT2D eigenvalue weighted by Gasteiger charge is 2.21. The summed E-state index contributed by atoms with van der Waals surface area (Å²) >= 11 is 3.29. The molecule has 1 atom stereocenters. The number of nitrogens with zero attached hydrogens (tertiary/aromatic N) is 2. The maximum atomic E-state index is 14.4. The van der Waals surface area contributed by atoms with E-state index in [-0.39, 0.29) is 11.9 Å². The molecule has 28 heavy (non-hydrogen) atoms. The van der Waals surface area contributed by atoms with E-state index in [9.17, 15) is 9.18 Å². The van der Waals surface area contributed by atoms with E-state index in [4.69, 9.17) is 14.5 Å². The second kappa shape index (κ2) is 8.01. The number of imidazole rings is 1. The lowest BCUT2D eigenvalue weighted by Gasteiger charge is -2.15. The molecule has 0 bridgehead atoms. The van der Waals surface area contributed by atoms with Gasteiger partial charge < -0.3 is 14.0 Å². The fourth-order valence-corrected chi connectivity index (χ4v) is 3.92. The Morgan fingerprint density at radius 3 is 2.93 bits per heavy atom. The summed E-state index contributed by atoms with van der Waals surface area (Å²) in [7, 11) is 1.36. The first-order valence-electron chi connectivity index (χ1n) is 9.18. The molecular weight excluding hydrogens is 427 g/mol. The fourth-order valence-electron chi connectivity index (χ4n) is 3.58. The van der Waals surface area contributed by atoms with Crippen molar-refractivity contribution in [3.05, 3.63) is 63.6 Å². The predicted molar refractivity (Wildman–Crippen MR) is 107 cm³/mol. The van der Waals surface area contributed by atoms with Crippen molar-refractivity contribution in [2.24, 2.45) is 0 Å². The van der Waals surface area contributed by atoms with Crippen LogP contribution in [0.4, 0.5) is 4.39 Å². The van der Waals surface area contributed by atoms with Crippen molar-refractivity contribution in [1.29, 1.82) is 0 Å². The van der Waals surface area contributed by atoms with Crippen LogP contribution in [0.5, 0.6) is 0 Å². The van der Waals surface area contributed by atoms with Crippen LogP contribution in [-0.4, -0.2) is 35.3 Å². The van der Waals surface area contributed by atoms with Crippen molar-refractivity contribution >= 4 is 32.9 Å². The molecule has 1 aliphatic rings. The van der Waals surface area contributed by atoms with E-state index in [1.807, 2.05) is 10.6 Å². The van der Waals surface area contributed by atoms with Crippen molar-refractivity contribution in [2.75, 3.05) is 13.7 Å². The Balaban J connectivity index is 1.77. The standard InChI is InChI=1S/C21H20BrFN2O3/c1-27-21(26)14-5-7-18-19(9-14)25(12-16-3-2-8-28-16)20(24-18)10-13-4-6-15(22)11-17(13)23/h4-7,9,11,16H,2-3,8,10,12H2,1H3/t16-/m0/s1. The minimum Gasteiger partial charge on any atom is -0.465 e. The van der Waals surface area contributed by atoms with E-state index in [1.54, 1.807) is 24.3 Å². The van der Waals surface area contributed by atoms with Gasteiger partial charge in [0.2, 0.25) is 0 Å². The maximum Gasteiger partial charge on any atom is 0.337 e. The van der Waals surface area contributed by atoms with Gasteiger partial charge in [-0.05, 0) is 48.7 Å². The van der Waals surface area contributed by atoms with E-state index in [0.29, 0.717) is 28.6 Å². The molecular formula is C21H20BrFN2O3. The fraction of sp³-hybridized carbons (Fsp3) is 0.333. The number of rotatable bonds is 5. The Kier molecular flexibility index (Phi) is 5.46. The molecule has 146 valence electrons. The molecule has 2 aromatic carbocycles. The largest absolute Gasteiger partial charge is 0.465 e. The van der Waals surface area contributed by atoms with Gasteiger partial charge in [-0.15, -0.1) is 0 Å². The van der Waals surface area contributed by atoms with Crippen LogP contribution < -0.4 is 0 Å². The molecule has 1 aliphatic heterocycles. The SMILES string of the molecule is COC(=O)c1ccc2nc(Cc3ccc(Br)cc3F)n(C[C@@H]3CCCO3)c2c1. The highest BCUT2D eigenvalue weighted by molar-refractivity contribution is 9.10. The maximum absolute atomic E-state index is 14.4. The van der Waals surface area contributed by atoms with Gasteiger partial charge in [-0.3, -0.25) is 0 Å². The lowest BCUT2D eigenvalue weighted by atomic mass is 10.1. The van der Waals surface area contributed by atoms with Gasteiger partial charge in [0.1, 0.15) is 11.6 Å². The normalized spacial score (nSPS) is 16.6. The first-order chi connectivity index (χ1) is 13.5. The average Bonchev–Trinajstić information content (AvgIpc) is 3.32. The Hall–Kier alpha value is -2.25. The van der Waals surface area contributed by atoms with Crippen molar-refractivity contribution < 1.29 is 18.7 Å². The third-order valence-electron chi connectivity index (χ3n) is 5.02. The van der Waals surface area contributed by atoms with Gasteiger partial charge in [-0.2, -0.15) is 0 Å². The zero-order valence-corrected chi connectivity index (χ0v) is 17.0. The van der Waals surface area contributed by atoms with Gasteiger partial charge in [0.25, 0.3) is 0 Å². The molecule has 5 nitrogen and oxygen atoms in total. The lowest BCUT2D eigenvalue weighted by Crippen LogP contribution is -2.17. The molecule has 4 rings (SSSR count). The van der Waals surface area contributed by atoms with Gasteiger partial charge in [-0.1, -0.05) is 22.0 Å². The van der Waals surface area contributed by atoms with Crippen molar-refractivity contribution in [3.8, 4) is 0 Å². The molecule has 1 saturated heterocycles. The molecule has 1 aromatic heterocycles. The van der Waals surface area contributed by atoms with Crippen LogP contribution >= 0.6 is 15.9 Å². The minimum absolute atomic E-state index is 0.0905. The van der Waals surface area contributed by atoms with Crippen LogP contribution in [0.15, 0.2) is 40.9 Å². The highest BCUT2D eigenvalue weighted by atomic mass is 79.9. The smallest absolute Gasteiger partial charge is 0.337 e. The Morgan fingerprint density at radius 1 is 1.36 bits per heavy atom. The van der Waals surface area contributed by atoms with Crippen LogP contribution in [0.3, 0.4) is 0 Å². The molecule has 2 heterocycles. The molecule has 0 radical (unpaired) electrons. The number of hydrogen-bond donors (Lipinski definition) is 0. The van der Waals surface area contributed by atoms with Crippen LogP contribution in [0, 0.1) is 5.82 Å². The number of esters is 1. The third kappa shape index (κ3) is 3.82. The van der Waals surface area contributed by atoms with Crippen molar-refractivity contribution in [2.45, 2.75) is 31.9 Å². The number of halogens is 2. The Bertz CT molecular complexity index is 1030. The molecule has 0 aliphatic carbocycles. The molecule has 0 saturated carbocycles. The third-order valence-corrected chi connectivity index (χ3v) is 5.52. The summed E-state index contributed by atoms with van der Waals surface area (Å²) in [6.45, 7) is 1.37. The number of carbonyl (C=O) groups is 1. The van der Waals surface area contributed by atoms with E-state index >= 15 is 0 Å². The van der Waals surface area contributed by atoms with E-state index in [2.05, 4.69) is 15.9 Å². The number of benzene rings is 2. The molecule has 0 unspecified atom stereocenters. The summed E-state index contributed by atoms with van der Waals surface area (Å²) in [5, 5.41) is 0. The summed E-state index contributed by atoms with van der Waals surface area (Å²) in [6, 6.07) is 10.3. The molecule has 7 heteroatoms. The van der Waals surface area contributed by atoms with Crippen molar-refractivity contribution in [3.63, 3.8) is 0 Å². The van der Waals surface area contributed by atoms with Gasteiger partial charge in [0, 0.05) is 17.5 Å². The van der Waals surface area contributed by atoms with E-state index in [0.717, 1.165) is 36.3 Å². The highest BCUT2D eigenvalue weighted by Crippen LogP contribution is 2.25. The Labute approximate surface area is 170 Å². The van der Waals surface area contributed by atoms with Gasteiger partial charge in [-0.25, -0.2) is 14.2 Å². The predicted octanol–water partition coefficient (Wildman–Crippen LogP) is 4.49. The zero-order chi connectivity index (χ0) is 19.7. The van der Waals surface area contributed by atoms with Gasteiger partial charge in [0.05, 0.1) is 36.4 Å². The minimum atomic E-state index is -0.396. The average molecular weight is 447 g/mol. The summed E-state index contributed by atoms with van der Waals surface area (Å²) in [5.41, 5.74) is 2.62. The van der Waals surface area contributed by atoms with E-state index < -0.39 is 5.97 Å². The monoisotopic (exact) mass is 446 g/mol. The quantitative estimate of drug-likeness (QED) is 0.541. The molecule has 0 N–H and O–H groups in total. The van der Waals surface area contributed by atoms with Crippen LogP contribution in [0.1, 0.15) is 34.6 Å². The molecule has 0 spiro atoms. The number of hydrogen-bond acceptors (Lipinski definition) is 4.